The highest BCUT2D eigenvalue weighted by Gasteiger charge is 2.35. The van der Waals surface area contributed by atoms with Gasteiger partial charge in [0.25, 0.3) is 0 Å². The van der Waals surface area contributed by atoms with Crippen LogP contribution in [0.1, 0.15) is 24.0 Å². The Hall–Kier alpha value is -3.09. The van der Waals surface area contributed by atoms with E-state index in [1.54, 1.807) is 17.0 Å². The molecule has 4 rings (SSSR count). The second kappa shape index (κ2) is 7.88. The van der Waals surface area contributed by atoms with Crippen LogP contribution in [0.2, 0.25) is 0 Å². The number of carbonyl (C=O) groups is 2. The molecule has 1 unspecified atom stereocenters. The van der Waals surface area contributed by atoms with Crippen molar-refractivity contribution in [3.8, 4) is 11.5 Å². The summed E-state index contributed by atoms with van der Waals surface area (Å²) in [6, 6.07) is 11.3. The van der Waals surface area contributed by atoms with Gasteiger partial charge in [0, 0.05) is 19.5 Å². The normalized spacial score (nSPS) is 17.8. The van der Waals surface area contributed by atoms with Gasteiger partial charge in [0.1, 0.15) is 11.9 Å². The van der Waals surface area contributed by atoms with Crippen molar-refractivity contribution in [2.75, 3.05) is 13.3 Å². The number of rotatable bonds is 6. The van der Waals surface area contributed by atoms with E-state index in [0.717, 1.165) is 11.1 Å². The van der Waals surface area contributed by atoms with Crippen LogP contribution in [0.3, 0.4) is 0 Å². The molecule has 146 valence electrons. The molecular formula is C21H21FN2O4. The van der Waals surface area contributed by atoms with Crippen molar-refractivity contribution < 1.29 is 23.5 Å². The highest BCUT2D eigenvalue weighted by molar-refractivity contribution is 5.90. The Kier molecular flexibility index (Phi) is 5.14. The van der Waals surface area contributed by atoms with Crippen LogP contribution < -0.4 is 14.8 Å². The molecule has 2 aliphatic heterocycles. The van der Waals surface area contributed by atoms with Gasteiger partial charge in [0.05, 0.1) is 0 Å². The fraction of sp³-hybridized carbons (Fsp3) is 0.333. The first-order valence-electron chi connectivity index (χ1n) is 9.30. The molecule has 0 saturated carbocycles. The van der Waals surface area contributed by atoms with Crippen LogP contribution in [0.15, 0.2) is 42.5 Å². The summed E-state index contributed by atoms with van der Waals surface area (Å²) in [6.07, 6.45) is 1.47. The van der Waals surface area contributed by atoms with Gasteiger partial charge in [0.2, 0.25) is 18.6 Å². The zero-order chi connectivity index (χ0) is 19.5. The van der Waals surface area contributed by atoms with Gasteiger partial charge in [-0.25, -0.2) is 4.39 Å². The van der Waals surface area contributed by atoms with E-state index in [1.165, 1.54) is 12.1 Å². The van der Waals surface area contributed by atoms with Crippen molar-refractivity contribution in [1.82, 2.24) is 10.2 Å². The Labute approximate surface area is 162 Å². The molecule has 0 aromatic heterocycles. The van der Waals surface area contributed by atoms with Gasteiger partial charge in [-0.3, -0.25) is 9.59 Å². The number of likely N-dealkylation sites (tertiary alicyclic amines) is 1. The summed E-state index contributed by atoms with van der Waals surface area (Å²) in [7, 11) is 0. The predicted octanol–water partition coefficient (Wildman–Crippen LogP) is 2.40. The molecule has 6 nitrogen and oxygen atoms in total. The number of amides is 2. The smallest absolute Gasteiger partial charge is 0.242 e. The fourth-order valence-electron chi connectivity index (χ4n) is 3.54. The molecule has 2 amide bonds. The third-order valence-electron chi connectivity index (χ3n) is 5.05. The minimum Gasteiger partial charge on any atom is -0.454 e. The summed E-state index contributed by atoms with van der Waals surface area (Å²) in [5.41, 5.74) is 1.84. The summed E-state index contributed by atoms with van der Waals surface area (Å²) in [6.45, 7) is 0.985. The van der Waals surface area contributed by atoms with Crippen LogP contribution in [0.25, 0.3) is 0 Å². The van der Waals surface area contributed by atoms with E-state index in [4.69, 9.17) is 9.47 Å². The van der Waals surface area contributed by atoms with E-state index in [1.807, 2.05) is 18.2 Å². The topological polar surface area (TPSA) is 67.9 Å². The van der Waals surface area contributed by atoms with Gasteiger partial charge in [0.15, 0.2) is 11.5 Å². The van der Waals surface area contributed by atoms with Crippen molar-refractivity contribution in [2.24, 2.45) is 0 Å². The average molecular weight is 384 g/mol. The molecule has 1 atom stereocenters. The molecule has 2 aromatic carbocycles. The van der Waals surface area contributed by atoms with Crippen LogP contribution in [-0.2, 0) is 22.6 Å². The Bertz CT molecular complexity index is 884. The van der Waals surface area contributed by atoms with Gasteiger partial charge in [-0.2, -0.15) is 0 Å². The lowest BCUT2D eigenvalue weighted by molar-refractivity contribution is -0.135. The Morgan fingerprint density at radius 2 is 1.86 bits per heavy atom. The van der Waals surface area contributed by atoms with Crippen molar-refractivity contribution >= 4 is 11.8 Å². The van der Waals surface area contributed by atoms with Crippen LogP contribution in [0.5, 0.6) is 11.5 Å². The summed E-state index contributed by atoms with van der Waals surface area (Å²) in [4.78, 5) is 26.5. The second-order valence-corrected chi connectivity index (χ2v) is 6.93. The molecule has 1 saturated heterocycles. The minimum absolute atomic E-state index is 0.0312. The molecule has 1 N–H and O–H groups in total. The number of fused-ring (bicyclic) bond motifs is 1. The molecule has 0 aliphatic carbocycles. The fourth-order valence-corrected chi connectivity index (χ4v) is 3.54. The minimum atomic E-state index is -0.480. The van der Waals surface area contributed by atoms with Gasteiger partial charge >= 0.3 is 0 Å². The second-order valence-electron chi connectivity index (χ2n) is 6.93. The SMILES string of the molecule is O=C(NCCc1ccc(F)cc1)C1CCC(=O)N1Cc1ccc2c(c1)OCO2. The molecule has 1 fully saturated rings. The van der Waals surface area contributed by atoms with E-state index in [2.05, 4.69) is 5.32 Å². The summed E-state index contributed by atoms with van der Waals surface area (Å²) in [5, 5.41) is 2.89. The van der Waals surface area contributed by atoms with Gasteiger partial charge < -0.3 is 19.7 Å². The van der Waals surface area contributed by atoms with Crippen LogP contribution in [0.4, 0.5) is 4.39 Å². The molecular weight excluding hydrogens is 363 g/mol. The Morgan fingerprint density at radius 1 is 1.11 bits per heavy atom. The van der Waals surface area contributed by atoms with E-state index in [9.17, 15) is 14.0 Å². The number of nitrogens with one attached hydrogen (secondary N) is 1. The van der Waals surface area contributed by atoms with E-state index in [0.29, 0.717) is 43.9 Å². The summed E-state index contributed by atoms with van der Waals surface area (Å²) >= 11 is 0. The zero-order valence-electron chi connectivity index (χ0n) is 15.3. The first-order valence-corrected chi connectivity index (χ1v) is 9.30. The molecule has 0 radical (unpaired) electrons. The van der Waals surface area contributed by atoms with E-state index in [-0.39, 0.29) is 24.4 Å². The zero-order valence-corrected chi connectivity index (χ0v) is 15.3. The Morgan fingerprint density at radius 3 is 2.68 bits per heavy atom. The van der Waals surface area contributed by atoms with Crippen LogP contribution >= 0.6 is 0 Å². The third-order valence-corrected chi connectivity index (χ3v) is 5.05. The maximum Gasteiger partial charge on any atom is 0.242 e. The molecule has 28 heavy (non-hydrogen) atoms. The third kappa shape index (κ3) is 3.93. The van der Waals surface area contributed by atoms with Crippen LogP contribution in [-0.4, -0.2) is 36.1 Å². The first-order chi connectivity index (χ1) is 13.6. The Balaban J connectivity index is 1.35. The highest BCUT2D eigenvalue weighted by Crippen LogP contribution is 2.33. The highest BCUT2D eigenvalue weighted by atomic mass is 19.1. The van der Waals surface area contributed by atoms with E-state index < -0.39 is 6.04 Å². The van der Waals surface area contributed by atoms with Gasteiger partial charge in [-0.1, -0.05) is 18.2 Å². The van der Waals surface area contributed by atoms with Crippen molar-refractivity contribution in [1.29, 1.82) is 0 Å². The largest absolute Gasteiger partial charge is 0.454 e. The molecule has 0 bridgehead atoms. The van der Waals surface area contributed by atoms with Gasteiger partial charge in [-0.15, -0.1) is 0 Å². The number of hydrogen-bond donors (Lipinski definition) is 1. The summed E-state index contributed by atoms with van der Waals surface area (Å²) < 4.78 is 23.6. The molecule has 2 aliphatic rings. The van der Waals surface area contributed by atoms with Crippen LogP contribution in [0, 0.1) is 5.82 Å². The summed E-state index contributed by atoms with van der Waals surface area (Å²) in [5.74, 6) is 0.873. The molecule has 2 heterocycles. The number of ether oxygens (including phenoxy) is 2. The number of benzene rings is 2. The van der Waals surface area contributed by atoms with Crippen molar-refractivity contribution in [3.63, 3.8) is 0 Å². The average Bonchev–Trinajstić information content (AvgIpc) is 3.30. The maximum absolute atomic E-state index is 13.0. The molecule has 0 spiro atoms. The number of nitrogens with zero attached hydrogens (tertiary/aromatic N) is 1. The molecule has 2 aromatic rings. The number of carbonyl (C=O) groups excluding carboxylic acids is 2. The first kappa shape index (κ1) is 18.3. The lowest BCUT2D eigenvalue weighted by Crippen LogP contribution is -2.44. The lowest BCUT2D eigenvalue weighted by Gasteiger charge is -2.24. The molecule has 7 heteroatoms. The van der Waals surface area contributed by atoms with E-state index >= 15 is 0 Å². The van der Waals surface area contributed by atoms with Crippen molar-refractivity contribution in [3.05, 3.63) is 59.4 Å². The number of halogens is 1. The quantitative estimate of drug-likeness (QED) is 0.831. The lowest BCUT2D eigenvalue weighted by atomic mass is 10.1. The number of hydrogen-bond acceptors (Lipinski definition) is 4. The predicted molar refractivity (Wildman–Crippen MR) is 99.3 cm³/mol. The van der Waals surface area contributed by atoms with Crippen molar-refractivity contribution in [2.45, 2.75) is 31.8 Å². The standard InChI is InChI=1S/C21H21FN2O4/c22-16-4-1-14(2-5-16)9-10-23-21(26)17-6-8-20(25)24(17)12-15-3-7-18-19(11-15)28-13-27-18/h1-5,7,11,17H,6,8-10,12-13H2,(H,23,26). The maximum atomic E-state index is 13.0. The van der Waals surface area contributed by atoms with Gasteiger partial charge in [-0.05, 0) is 48.2 Å². The monoisotopic (exact) mass is 384 g/mol.